The van der Waals surface area contributed by atoms with Crippen LogP contribution in [0.5, 0.6) is 0 Å². The molecule has 0 spiro atoms. The number of carbonyl (C=O) groups is 3. The normalized spacial score (nSPS) is 15.9. The number of hydrogen-bond acceptors (Lipinski definition) is 11. The molecule has 3 aromatic heterocycles. The van der Waals surface area contributed by atoms with Crippen molar-refractivity contribution in [1.82, 2.24) is 35.2 Å². The lowest BCUT2D eigenvalue weighted by Crippen LogP contribution is -2.58. The van der Waals surface area contributed by atoms with Crippen LogP contribution in [0.2, 0.25) is 0 Å². The van der Waals surface area contributed by atoms with Crippen LogP contribution in [0.3, 0.4) is 0 Å². The fraction of sp³-hybridized carbons (Fsp3) is 0.423. The third-order valence-electron chi connectivity index (χ3n) is 12.5. The van der Waals surface area contributed by atoms with Gasteiger partial charge < -0.3 is 39.4 Å². The Kier molecular flexibility index (Phi) is 16.0. The summed E-state index contributed by atoms with van der Waals surface area (Å²) in [5.74, 6) is -0.436. The molecule has 1 aliphatic heterocycles. The molecule has 3 N–H and O–H groups in total. The van der Waals surface area contributed by atoms with E-state index in [1.165, 1.54) is 4.90 Å². The zero-order valence-corrected chi connectivity index (χ0v) is 42.8. The van der Waals surface area contributed by atoms with Crippen molar-refractivity contribution in [2.24, 2.45) is 5.41 Å². The van der Waals surface area contributed by atoms with E-state index in [0.717, 1.165) is 103 Å². The number of nitrogens with one attached hydrogen (secondary N) is 2. The molecule has 16 heteroatoms. The lowest BCUT2D eigenvalue weighted by molar-refractivity contribution is -0.144. The summed E-state index contributed by atoms with van der Waals surface area (Å²) in [4.78, 5) is 54.9. The third kappa shape index (κ3) is 11.8. The molecule has 360 valence electrons. The molecule has 0 unspecified atom stereocenters. The first-order valence-corrected chi connectivity index (χ1v) is 24.8. The molecule has 0 aliphatic carbocycles. The molecule has 1 saturated heterocycles. The smallest absolute Gasteiger partial charge is 0.246 e. The fourth-order valence-corrected chi connectivity index (χ4v) is 10.2. The average Bonchev–Trinajstić information content (AvgIpc) is 4.11. The molecule has 3 aromatic carbocycles. The first-order chi connectivity index (χ1) is 32.4. The molecule has 1 aliphatic rings. The number of rotatable bonds is 18. The first kappa shape index (κ1) is 50.2. The predicted molar refractivity (Wildman–Crippen MR) is 270 cm³/mol. The van der Waals surface area contributed by atoms with E-state index in [-0.39, 0.29) is 31.5 Å². The average molecular weight is 1010 g/mol. The maximum Gasteiger partial charge on any atom is 0.246 e. The number of imidazole rings is 1. The number of amides is 3. The zero-order chi connectivity index (χ0) is 48.9. The number of anilines is 2. The van der Waals surface area contributed by atoms with Crippen LogP contribution in [-0.2, 0) is 19.1 Å². The van der Waals surface area contributed by atoms with Crippen molar-refractivity contribution in [3.63, 3.8) is 0 Å². The maximum atomic E-state index is 14.2. The van der Waals surface area contributed by atoms with Crippen molar-refractivity contribution < 1.29 is 28.8 Å². The topological polar surface area (TPSA) is 168 Å². The summed E-state index contributed by atoms with van der Waals surface area (Å²) in [5.41, 5.74) is 12.1. The summed E-state index contributed by atoms with van der Waals surface area (Å²) in [6.07, 6.45) is 5.44. The molecule has 0 radical (unpaired) electrons. The number of benzene rings is 3. The van der Waals surface area contributed by atoms with Crippen LogP contribution in [0, 0.1) is 40.0 Å². The summed E-state index contributed by atoms with van der Waals surface area (Å²) in [6, 6.07) is 18.6. The second kappa shape index (κ2) is 21.7. The maximum absolute atomic E-state index is 14.2. The molecule has 0 saturated carbocycles. The highest BCUT2D eigenvalue weighted by atomic mass is 79.9. The molecule has 6 aromatic rings. The number of aryl methyl sites for hydroxylation is 5. The number of carbonyl (C=O) groups excluding carboxylic acids is 3. The Morgan fingerprint density at radius 2 is 1.71 bits per heavy atom. The number of β-amino-alcohol motifs (C(OH)–C–C–N with tert-alkyl or cyclic N) is 1. The summed E-state index contributed by atoms with van der Waals surface area (Å²) in [6.45, 7) is 18.3. The van der Waals surface area contributed by atoms with E-state index >= 15 is 0 Å². The van der Waals surface area contributed by atoms with E-state index in [9.17, 15) is 19.5 Å². The van der Waals surface area contributed by atoms with Crippen molar-refractivity contribution in [2.45, 2.75) is 112 Å². The van der Waals surface area contributed by atoms with Crippen LogP contribution in [-0.4, -0.2) is 91.9 Å². The lowest BCUT2D eigenvalue weighted by Gasteiger charge is -2.35. The van der Waals surface area contributed by atoms with Gasteiger partial charge in [-0.3, -0.25) is 14.4 Å². The summed E-state index contributed by atoms with van der Waals surface area (Å²) in [7, 11) is 0. The number of aromatic nitrogens is 4. The number of aliphatic hydroxyl groups excluding tert-OH is 1. The van der Waals surface area contributed by atoms with Crippen molar-refractivity contribution in [2.75, 3.05) is 31.2 Å². The Bertz CT molecular complexity index is 2700. The number of halogens is 1. The van der Waals surface area contributed by atoms with Crippen molar-refractivity contribution >= 4 is 56.4 Å². The van der Waals surface area contributed by atoms with Gasteiger partial charge in [-0.25, -0.2) is 9.97 Å². The van der Waals surface area contributed by atoms with E-state index in [0.29, 0.717) is 6.61 Å². The van der Waals surface area contributed by atoms with E-state index in [1.54, 1.807) is 11.3 Å². The van der Waals surface area contributed by atoms with Gasteiger partial charge in [-0.1, -0.05) is 62.3 Å². The van der Waals surface area contributed by atoms with Crippen LogP contribution in [0.25, 0.3) is 27.3 Å². The Labute approximate surface area is 411 Å². The molecule has 1 fully saturated rings. The number of nitrogens with zero attached hydrogens (tertiary/aromatic N) is 6. The van der Waals surface area contributed by atoms with Crippen molar-refractivity contribution in [3.05, 3.63) is 117 Å². The van der Waals surface area contributed by atoms with Gasteiger partial charge in [-0.05, 0) is 129 Å². The van der Waals surface area contributed by atoms with Crippen molar-refractivity contribution in [1.29, 1.82) is 0 Å². The number of likely N-dealkylation sites (tertiary alicyclic amines) is 1. The van der Waals surface area contributed by atoms with Gasteiger partial charge in [0.05, 0.1) is 51.6 Å². The second-order valence-corrected chi connectivity index (χ2v) is 20.6. The predicted octanol–water partition coefficient (Wildman–Crippen LogP) is 9.65. The summed E-state index contributed by atoms with van der Waals surface area (Å²) >= 11 is 5.41. The zero-order valence-electron chi connectivity index (χ0n) is 40.4. The first-order valence-electron chi connectivity index (χ1n) is 23.2. The molecule has 3 amide bonds. The van der Waals surface area contributed by atoms with Gasteiger partial charge in [-0.15, -0.1) is 11.3 Å². The van der Waals surface area contributed by atoms with E-state index in [1.807, 2.05) is 102 Å². The SMILES string of the molecule is Cc1cn(-c2ccc(N(CCCCCOCC(=O)N[C@H](C(=O)N3C[C@H](O)C[C@H]3C(=O)N[C@@H](C)c3ccc(-c4scnc4C)cc3)C(C)(C)C)c3cc(-c4c(C)noc4C)ccc3C)cc2Br)cn1. The van der Waals surface area contributed by atoms with Crippen LogP contribution >= 0.6 is 27.3 Å². The Morgan fingerprint density at radius 3 is 2.35 bits per heavy atom. The molecule has 0 bridgehead atoms. The van der Waals surface area contributed by atoms with Gasteiger partial charge in [0, 0.05) is 53.7 Å². The Morgan fingerprint density at radius 1 is 0.956 bits per heavy atom. The van der Waals surface area contributed by atoms with Gasteiger partial charge in [0.2, 0.25) is 17.7 Å². The number of thiazole rings is 1. The van der Waals surface area contributed by atoms with Gasteiger partial charge in [0.15, 0.2) is 0 Å². The van der Waals surface area contributed by atoms with Crippen molar-refractivity contribution in [3.8, 4) is 27.3 Å². The summed E-state index contributed by atoms with van der Waals surface area (Å²) < 4.78 is 14.3. The molecule has 4 atom stereocenters. The number of aliphatic hydroxyl groups is 1. The Balaban J connectivity index is 0.936. The minimum absolute atomic E-state index is 0.00932. The molecule has 14 nitrogen and oxygen atoms in total. The van der Waals surface area contributed by atoms with Crippen LogP contribution < -0.4 is 15.5 Å². The third-order valence-corrected chi connectivity index (χ3v) is 14.1. The minimum Gasteiger partial charge on any atom is -0.391 e. The fourth-order valence-electron chi connectivity index (χ4n) is 8.80. The van der Waals surface area contributed by atoms with E-state index in [2.05, 4.69) is 89.9 Å². The highest BCUT2D eigenvalue weighted by Crippen LogP contribution is 2.38. The van der Waals surface area contributed by atoms with Crippen LogP contribution in [0.4, 0.5) is 11.4 Å². The minimum atomic E-state index is -0.955. The highest BCUT2D eigenvalue weighted by molar-refractivity contribution is 9.10. The van der Waals surface area contributed by atoms with Gasteiger partial charge >= 0.3 is 0 Å². The second-order valence-electron chi connectivity index (χ2n) is 18.9. The monoisotopic (exact) mass is 1010 g/mol. The molecule has 68 heavy (non-hydrogen) atoms. The Hall–Kier alpha value is -5.68. The number of unbranched alkanes of at least 4 members (excludes halogenated alkanes) is 2. The van der Waals surface area contributed by atoms with E-state index < -0.39 is 35.4 Å². The standard InChI is InChI=1S/C52H63BrN8O6S/c1-31-13-14-39(47-34(4)58-67-36(47)6)23-44(31)60(40-19-20-43(42(53)24-40)59-26-32(2)54-29-59)21-11-10-12-22-66-28-46(63)57-49(52(7,8)9)51(65)61-27-41(62)25-45(61)50(64)56-33(3)37-15-17-38(18-16-37)48-35(5)55-30-68-48/h13-20,23-24,26,29-30,33,41,45,49,62H,10-12,21-22,25,27-28H2,1-9H3,(H,56,64)(H,57,63)/t33-,41+,45-,49+/m0/s1. The van der Waals surface area contributed by atoms with E-state index in [4.69, 9.17) is 9.26 Å². The van der Waals surface area contributed by atoms with Crippen LogP contribution in [0.1, 0.15) is 93.4 Å². The quantitative estimate of drug-likeness (QED) is 0.0706. The van der Waals surface area contributed by atoms with Gasteiger partial charge in [0.25, 0.3) is 0 Å². The summed E-state index contributed by atoms with van der Waals surface area (Å²) in [5, 5.41) is 20.9. The van der Waals surface area contributed by atoms with Gasteiger partial charge in [-0.2, -0.15) is 0 Å². The molecular weight excluding hydrogens is 945 g/mol. The number of hydrogen-bond donors (Lipinski definition) is 3. The van der Waals surface area contributed by atoms with Crippen LogP contribution in [0.15, 0.2) is 87.7 Å². The number of ether oxygens (including phenoxy) is 1. The molecular formula is C52H63BrN8O6S. The molecule has 7 rings (SSSR count). The highest BCUT2D eigenvalue weighted by Gasteiger charge is 2.44. The lowest BCUT2D eigenvalue weighted by atomic mass is 9.85. The largest absolute Gasteiger partial charge is 0.391 e. The van der Waals surface area contributed by atoms with Gasteiger partial charge in [0.1, 0.15) is 24.5 Å². The molecule has 4 heterocycles.